The molecule has 0 unspecified atom stereocenters. The van der Waals surface area contributed by atoms with E-state index in [0.717, 1.165) is 15.8 Å². The summed E-state index contributed by atoms with van der Waals surface area (Å²) in [6.45, 7) is 1.82. The van der Waals surface area contributed by atoms with Crippen LogP contribution in [-0.4, -0.2) is 30.2 Å². The van der Waals surface area contributed by atoms with Gasteiger partial charge in [0.2, 0.25) is 5.91 Å². The smallest absolute Gasteiger partial charge is 0.266 e. The van der Waals surface area contributed by atoms with Crippen LogP contribution in [0.15, 0.2) is 33.9 Å². The van der Waals surface area contributed by atoms with E-state index in [-0.39, 0.29) is 18.0 Å². The maximum Gasteiger partial charge on any atom is 0.266 e. The van der Waals surface area contributed by atoms with Crippen molar-refractivity contribution in [3.8, 4) is 0 Å². The van der Waals surface area contributed by atoms with Gasteiger partial charge in [0.1, 0.15) is 22.9 Å². The molecule has 1 N–H and O–H groups in total. The van der Waals surface area contributed by atoms with Crippen LogP contribution in [0.4, 0.5) is 5.13 Å². The second-order valence-corrected chi connectivity index (χ2v) is 7.56. The lowest BCUT2D eigenvalue weighted by atomic mass is 10.2. The average molecular weight is 433 g/mol. The van der Waals surface area contributed by atoms with E-state index < -0.39 is 0 Å². The molecule has 1 aromatic carbocycles. The maximum atomic E-state index is 12.6. The van der Waals surface area contributed by atoms with Crippen molar-refractivity contribution in [2.75, 3.05) is 5.32 Å². The van der Waals surface area contributed by atoms with Gasteiger partial charge in [0.05, 0.1) is 10.2 Å². The minimum atomic E-state index is -0.343. The average Bonchev–Trinajstić information content (AvgIpc) is 3.12. The Bertz CT molecular complexity index is 1220. The van der Waals surface area contributed by atoms with E-state index in [4.69, 9.17) is 0 Å². The number of para-hydroxylation sites is 1. The van der Waals surface area contributed by atoms with Crippen molar-refractivity contribution in [3.05, 3.63) is 45.0 Å². The predicted molar refractivity (Wildman–Crippen MR) is 103 cm³/mol. The predicted octanol–water partition coefficient (Wildman–Crippen LogP) is 2.45. The van der Waals surface area contributed by atoms with Crippen LogP contribution in [0.2, 0.25) is 0 Å². The third-order valence-corrected chi connectivity index (χ3v) is 5.44. The second kappa shape index (κ2) is 6.29. The normalized spacial score (nSPS) is 11.3. The van der Waals surface area contributed by atoms with Gasteiger partial charge >= 0.3 is 0 Å². The second-order valence-electron chi connectivity index (χ2n) is 5.78. The van der Waals surface area contributed by atoms with Crippen LogP contribution in [0, 0.1) is 6.92 Å². The van der Waals surface area contributed by atoms with Crippen LogP contribution in [0.1, 0.15) is 5.56 Å². The number of anilines is 1. The summed E-state index contributed by atoms with van der Waals surface area (Å²) in [4.78, 5) is 33.6. The summed E-state index contributed by atoms with van der Waals surface area (Å²) >= 11 is 4.65. The van der Waals surface area contributed by atoms with Crippen molar-refractivity contribution in [3.63, 3.8) is 0 Å². The van der Waals surface area contributed by atoms with Gasteiger partial charge in [0, 0.05) is 7.05 Å². The van der Waals surface area contributed by atoms with Crippen molar-refractivity contribution in [1.29, 1.82) is 0 Å². The number of thiazole rings is 1. The number of benzene rings is 1. The molecule has 4 aromatic rings. The quantitative estimate of drug-likeness (QED) is 0.536. The van der Waals surface area contributed by atoms with Gasteiger partial charge in [-0.15, -0.1) is 0 Å². The molecule has 0 aliphatic carbocycles. The summed E-state index contributed by atoms with van der Waals surface area (Å²) in [5.74, 6) is -0.343. The van der Waals surface area contributed by atoms with Crippen molar-refractivity contribution < 1.29 is 4.79 Å². The van der Waals surface area contributed by atoms with E-state index in [1.54, 1.807) is 7.05 Å². The zero-order valence-corrected chi connectivity index (χ0v) is 16.3. The summed E-state index contributed by atoms with van der Waals surface area (Å²) in [7, 11) is 1.70. The lowest BCUT2D eigenvalue weighted by Crippen LogP contribution is -2.28. The number of aryl methyl sites for hydroxylation is 2. The molecule has 3 aromatic heterocycles. The Hall–Kier alpha value is -2.59. The molecule has 0 radical (unpaired) electrons. The summed E-state index contributed by atoms with van der Waals surface area (Å²) in [6, 6.07) is 5.88. The maximum absolute atomic E-state index is 12.6. The van der Waals surface area contributed by atoms with Gasteiger partial charge < -0.3 is 5.32 Å². The first kappa shape index (κ1) is 16.9. The molecule has 26 heavy (non-hydrogen) atoms. The van der Waals surface area contributed by atoms with Gasteiger partial charge in [-0.1, -0.05) is 23.5 Å². The van der Waals surface area contributed by atoms with E-state index in [1.807, 2.05) is 25.1 Å². The minimum absolute atomic E-state index is 0.155. The molecule has 0 spiro atoms. The van der Waals surface area contributed by atoms with Crippen molar-refractivity contribution >= 4 is 59.6 Å². The molecule has 1 amide bonds. The third-order valence-electron chi connectivity index (χ3n) is 3.95. The number of amides is 1. The monoisotopic (exact) mass is 432 g/mol. The topological polar surface area (TPSA) is 94.7 Å². The molecule has 3 heterocycles. The largest absolute Gasteiger partial charge is 0.300 e. The van der Waals surface area contributed by atoms with Gasteiger partial charge in [-0.25, -0.2) is 14.6 Å². The number of fused-ring (bicyclic) bond motifs is 2. The molecule has 0 atom stereocenters. The number of nitrogens with zero attached hydrogens (tertiary/aromatic N) is 5. The van der Waals surface area contributed by atoms with Crippen molar-refractivity contribution in [2.45, 2.75) is 13.5 Å². The molecule has 0 fully saturated rings. The first-order valence-electron chi connectivity index (χ1n) is 7.67. The molecule has 0 bridgehead atoms. The zero-order chi connectivity index (χ0) is 18.4. The van der Waals surface area contributed by atoms with Crippen LogP contribution in [0.5, 0.6) is 0 Å². The van der Waals surface area contributed by atoms with Gasteiger partial charge in [0.25, 0.3) is 5.56 Å². The number of carbonyl (C=O) groups is 1. The highest BCUT2D eigenvalue weighted by Gasteiger charge is 2.16. The molecule has 4 rings (SSSR count). The van der Waals surface area contributed by atoms with E-state index in [1.165, 1.54) is 26.9 Å². The minimum Gasteiger partial charge on any atom is -0.300 e. The van der Waals surface area contributed by atoms with Gasteiger partial charge in [-0.2, -0.15) is 5.10 Å². The van der Waals surface area contributed by atoms with Crippen LogP contribution >= 0.6 is 27.3 Å². The van der Waals surface area contributed by atoms with E-state index in [0.29, 0.717) is 20.8 Å². The molecule has 0 saturated carbocycles. The van der Waals surface area contributed by atoms with Crippen molar-refractivity contribution in [1.82, 2.24) is 24.3 Å². The number of hydrogen-bond donors (Lipinski definition) is 1. The number of halogens is 1. The van der Waals surface area contributed by atoms with Crippen LogP contribution in [-0.2, 0) is 18.4 Å². The van der Waals surface area contributed by atoms with E-state index >= 15 is 0 Å². The Labute approximate surface area is 159 Å². The van der Waals surface area contributed by atoms with Crippen LogP contribution in [0.25, 0.3) is 21.3 Å². The summed E-state index contributed by atoms with van der Waals surface area (Å²) in [6.07, 6.45) is 1.35. The van der Waals surface area contributed by atoms with E-state index in [2.05, 4.69) is 36.3 Å². The fourth-order valence-corrected chi connectivity index (χ4v) is 4.25. The standard InChI is InChI=1S/C16H13BrN6O2S/c1-8-4-3-5-9-12(8)20-16(26-9)19-10(24)6-23-7-18-14-11(15(23)25)13(17)21-22(14)2/h3-5,7H,6H2,1-2H3,(H,19,20,24). The fraction of sp³-hybridized carbons (Fsp3) is 0.188. The molecular weight excluding hydrogens is 420 g/mol. The van der Waals surface area contributed by atoms with Gasteiger partial charge in [-0.05, 0) is 34.5 Å². The van der Waals surface area contributed by atoms with Crippen molar-refractivity contribution in [2.24, 2.45) is 7.05 Å². The van der Waals surface area contributed by atoms with Gasteiger partial charge in [-0.3, -0.25) is 14.2 Å². The van der Waals surface area contributed by atoms with Crippen LogP contribution in [0.3, 0.4) is 0 Å². The molecule has 8 nitrogen and oxygen atoms in total. The highest BCUT2D eigenvalue weighted by molar-refractivity contribution is 9.10. The molecule has 132 valence electrons. The first-order chi connectivity index (χ1) is 12.4. The summed E-state index contributed by atoms with van der Waals surface area (Å²) in [5, 5.41) is 7.72. The van der Waals surface area contributed by atoms with E-state index in [9.17, 15) is 9.59 Å². The Kier molecular flexibility index (Phi) is 4.08. The lowest BCUT2D eigenvalue weighted by molar-refractivity contribution is -0.116. The first-order valence-corrected chi connectivity index (χ1v) is 9.28. The Morgan fingerprint density at radius 2 is 2.19 bits per heavy atom. The number of hydrogen-bond acceptors (Lipinski definition) is 6. The summed E-state index contributed by atoms with van der Waals surface area (Å²) < 4.78 is 4.17. The fourth-order valence-electron chi connectivity index (χ4n) is 2.70. The highest BCUT2D eigenvalue weighted by atomic mass is 79.9. The highest BCUT2D eigenvalue weighted by Crippen LogP contribution is 2.27. The number of nitrogens with one attached hydrogen (secondary N) is 1. The van der Waals surface area contributed by atoms with Crippen LogP contribution < -0.4 is 10.9 Å². The Morgan fingerprint density at radius 1 is 1.38 bits per heavy atom. The Balaban J connectivity index is 1.61. The number of carbonyl (C=O) groups excluding carboxylic acids is 1. The molecule has 0 saturated heterocycles. The zero-order valence-electron chi connectivity index (χ0n) is 13.9. The lowest BCUT2D eigenvalue weighted by Gasteiger charge is -2.05. The molecule has 0 aliphatic rings. The molecular formula is C16H13BrN6O2S. The molecule has 0 aliphatic heterocycles. The number of aromatic nitrogens is 5. The SMILES string of the molecule is Cc1cccc2sc(NC(=O)Cn3cnc4c(c(Br)nn4C)c3=O)nc12. The Morgan fingerprint density at radius 3 is 2.96 bits per heavy atom. The molecule has 10 heteroatoms. The van der Waals surface area contributed by atoms with Gasteiger partial charge in [0.15, 0.2) is 10.8 Å². The number of rotatable bonds is 3. The third kappa shape index (κ3) is 2.80. The summed E-state index contributed by atoms with van der Waals surface area (Å²) in [5.41, 5.74) is 2.05.